The van der Waals surface area contributed by atoms with Crippen LogP contribution in [0.5, 0.6) is 0 Å². The maximum Gasteiger partial charge on any atom is 0.217 e. The first-order valence-corrected chi connectivity index (χ1v) is 5.34. The van der Waals surface area contributed by atoms with E-state index >= 15 is 0 Å². The summed E-state index contributed by atoms with van der Waals surface area (Å²) in [5.41, 5.74) is 0. The molecule has 1 rings (SSSR count). The third-order valence-electron chi connectivity index (χ3n) is 2.54. The second-order valence-corrected chi connectivity index (χ2v) is 3.80. The standard InChI is InChI=1S/C10H19NO6/c1-3-16-9-6(4-12)17-10(15)7(8(9)14)11-5(2)13/h6-10,12,14-15H,3-4H2,1-2H3,(H,11,13)/t6-,7-,8-,9-,10?/m1/s1/i3D/t3?,6-,7-,8-,9-,10?. The van der Waals surface area contributed by atoms with Gasteiger partial charge in [-0.25, -0.2) is 0 Å². The van der Waals surface area contributed by atoms with Crippen LogP contribution in [-0.4, -0.2) is 65.1 Å². The van der Waals surface area contributed by atoms with Gasteiger partial charge in [0.05, 0.1) is 7.98 Å². The second-order valence-electron chi connectivity index (χ2n) is 3.80. The van der Waals surface area contributed by atoms with Crippen LogP contribution in [0.4, 0.5) is 0 Å². The Balaban J connectivity index is 2.81. The average Bonchev–Trinajstić information content (AvgIpc) is 2.27. The SMILES string of the molecule is [2H]C(C)O[C@H]1[C@H](O)[C@@H](NC(C)=O)C(O)O[C@@H]1CO. The van der Waals surface area contributed by atoms with E-state index in [1.165, 1.54) is 13.8 Å². The zero-order chi connectivity index (χ0) is 13.9. The molecular weight excluding hydrogens is 230 g/mol. The lowest BCUT2D eigenvalue weighted by atomic mass is 9.97. The normalized spacial score (nSPS) is 40.5. The molecule has 7 heteroatoms. The number of carbonyl (C=O) groups is 1. The summed E-state index contributed by atoms with van der Waals surface area (Å²) in [6.07, 6.45) is -4.67. The molecule has 1 aliphatic heterocycles. The highest BCUT2D eigenvalue weighted by Gasteiger charge is 2.45. The van der Waals surface area contributed by atoms with Gasteiger partial charge in [0.25, 0.3) is 0 Å². The van der Waals surface area contributed by atoms with Gasteiger partial charge in [0.1, 0.15) is 24.4 Å². The zero-order valence-corrected chi connectivity index (χ0v) is 9.74. The number of ether oxygens (including phenoxy) is 2. The molecule has 0 aromatic carbocycles. The van der Waals surface area contributed by atoms with Gasteiger partial charge in [0.15, 0.2) is 6.29 Å². The summed E-state index contributed by atoms with van der Waals surface area (Å²) in [4.78, 5) is 11.0. The van der Waals surface area contributed by atoms with Crippen LogP contribution in [0.15, 0.2) is 0 Å². The minimum Gasteiger partial charge on any atom is -0.394 e. The minimum atomic E-state index is -1.44. The minimum absolute atomic E-state index is 0.443. The van der Waals surface area contributed by atoms with Crippen LogP contribution in [0, 0.1) is 0 Å². The van der Waals surface area contributed by atoms with Crippen LogP contribution >= 0.6 is 0 Å². The lowest BCUT2D eigenvalue weighted by Crippen LogP contribution is -2.64. The van der Waals surface area contributed by atoms with E-state index in [4.69, 9.17) is 16.0 Å². The van der Waals surface area contributed by atoms with Crippen LogP contribution in [0.25, 0.3) is 0 Å². The van der Waals surface area contributed by atoms with Crippen molar-refractivity contribution in [1.29, 1.82) is 0 Å². The van der Waals surface area contributed by atoms with Crippen molar-refractivity contribution in [1.82, 2.24) is 5.32 Å². The Morgan fingerprint density at radius 2 is 2.24 bits per heavy atom. The van der Waals surface area contributed by atoms with Gasteiger partial charge in [-0.1, -0.05) is 0 Å². The monoisotopic (exact) mass is 250 g/mol. The highest BCUT2D eigenvalue weighted by molar-refractivity contribution is 5.73. The van der Waals surface area contributed by atoms with Crippen LogP contribution < -0.4 is 5.32 Å². The number of rotatable bonds is 4. The molecule has 2 unspecified atom stereocenters. The lowest BCUT2D eigenvalue weighted by molar-refractivity contribution is -0.262. The van der Waals surface area contributed by atoms with Crippen molar-refractivity contribution < 1.29 is 31.0 Å². The number of hydrogen-bond donors (Lipinski definition) is 4. The molecule has 1 saturated heterocycles. The fourth-order valence-corrected chi connectivity index (χ4v) is 1.80. The summed E-state index contributed by atoms with van der Waals surface area (Å²) in [6, 6.07) is -1.06. The Morgan fingerprint density at radius 1 is 1.59 bits per heavy atom. The Bertz CT molecular complexity index is 290. The quantitative estimate of drug-likeness (QED) is 0.458. The molecule has 1 amide bonds. The Kier molecular flexibility index (Phi) is 4.69. The largest absolute Gasteiger partial charge is 0.394 e. The summed E-state index contributed by atoms with van der Waals surface area (Å²) in [5.74, 6) is -0.443. The molecule has 1 fully saturated rings. The van der Waals surface area contributed by atoms with Gasteiger partial charge in [-0.05, 0) is 6.92 Å². The van der Waals surface area contributed by atoms with Crippen molar-refractivity contribution >= 4 is 5.91 Å². The number of amides is 1. The van der Waals surface area contributed by atoms with Crippen LogP contribution in [0.3, 0.4) is 0 Å². The summed E-state index contributed by atoms with van der Waals surface area (Å²) in [6.45, 7) is 1.27. The molecule has 0 aromatic rings. The average molecular weight is 250 g/mol. The third kappa shape index (κ3) is 3.36. The van der Waals surface area contributed by atoms with Crippen molar-refractivity contribution in [3.05, 3.63) is 0 Å². The van der Waals surface area contributed by atoms with E-state index < -0.39 is 49.7 Å². The Labute approximate surface area is 101 Å². The molecule has 100 valence electrons. The van der Waals surface area contributed by atoms with Crippen molar-refractivity contribution in [2.24, 2.45) is 0 Å². The highest BCUT2D eigenvalue weighted by Crippen LogP contribution is 2.22. The van der Waals surface area contributed by atoms with Gasteiger partial charge in [0, 0.05) is 13.5 Å². The summed E-state index contributed by atoms with van der Waals surface area (Å²) >= 11 is 0. The third-order valence-corrected chi connectivity index (χ3v) is 2.54. The molecule has 0 saturated carbocycles. The van der Waals surface area contributed by atoms with Crippen LogP contribution in [0.2, 0.25) is 0 Å². The number of hydrogen-bond acceptors (Lipinski definition) is 6. The summed E-state index contributed by atoms with van der Waals surface area (Å²) in [7, 11) is 0. The van der Waals surface area contributed by atoms with Crippen molar-refractivity contribution in [3.63, 3.8) is 0 Å². The van der Waals surface area contributed by atoms with Crippen molar-refractivity contribution in [2.75, 3.05) is 13.2 Å². The highest BCUT2D eigenvalue weighted by atomic mass is 16.6. The topological polar surface area (TPSA) is 108 Å². The maximum atomic E-state index is 11.0. The van der Waals surface area contributed by atoms with E-state index in [1.807, 2.05) is 0 Å². The van der Waals surface area contributed by atoms with Crippen molar-refractivity contribution in [2.45, 2.75) is 44.5 Å². The maximum absolute atomic E-state index is 11.0. The molecule has 0 bridgehead atoms. The van der Waals surface area contributed by atoms with Gasteiger partial charge < -0.3 is 30.1 Å². The molecule has 1 aliphatic rings. The van der Waals surface area contributed by atoms with Gasteiger partial charge in [-0.15, -0.1) is 0 Å². The van der Waals surface area contributed by atoms with Crippen LogP contribution in [0.1, 0.15) is 15.2 Å². The molecule has 0 aromatic heterocycles. The molecule has 17 heavy (non-hydrogen) atoms. The van der Waals surface area contributed by atoms with E-state index in [-0.39, 0.29) is 0 Å². The van der Waals surface area contributed by atoms with Crippen LogP contribution in [-0.2, 0) is 14.3 Å². The molecule has 6 atom stereocenters. The first kappa shape index (κ1) is 12.7. The molecule has 0 spiro atoms. The van der Waals surface area contributed by atoms with Gasteiger partial charge >= 0.3 is 0 Å². The Morgan fingerprint density at radius 3 is 2.71 bits per heavy atom. The molecule has 1 heterocycles. The smallest absolute Gasteiger partial charge is 0.217 e. The predicted molar refractivity (Wildman–Crippen MR) is 57.0 cm³/mol. The number of aliphatic hydroxyl groups excluding tert-OH is 3. The summed E-state index contributed by atoms with van der Waals surface area (Å²) in [5, 5.41) is 31.1. The molecule has 7 nitrogen and oxygen atoms in total. The fraction of sp³-hybridized carbons (Fsp3) is 0.900. The van der Waals surface area contributed by atoms with Crippen molar-refractivity contribution in [3.8, 4) is 0 Å². The lowest BCUT2D eigenvalue weighted by Gasteiger charge is -2.42. The van der Waals surface area contributed by atoms with Gasteiger partial charge in [-0.2, -0.15) is 0 Å². The molecule has 0 aliphatic carbocycles. The second kappa shape index (κ2) is 6.27. The molecular formula is C10H19NO6. The van der Waals surface area contributed by atoms with E-state index in [0.29, 0.717) is 0 Å². The van der Waals surface area contributed by atoms with E-state index in [2.05, 4.69) is 5.32 Å². The van der Waals surface area contributed by atoms with Gasteiger partial charge in [-0.3, -0.25) is 4.79 Å². The Hall–Kier alpha value is -0.730. The fourth-order valence-electron chi connectivity index (χ4n) is 1.80. The zero-order valence-electron chi connectivity index (χ0n) is 10.7. The number of carbonyl (C=O) groups excluding carboxylic acids is 1. The number of nitrogens with one attached hydrogen (secondary N) is 1. The van der Waals surface area contributed by atoms with E-state index in [9.17, 15) is 15.0 Å². The summed E-state index contributed by atoms with van der Waals surface area (Å²) < 4.78 is 17.5. The van der Waals surface area contributed by atoms with E-state index in [1.54, 1.807) is 0 Å². The number of aliphatic hydroxyl groups is 3. The van der Waals surface area contributed by atoms with Gasteiger partial charge in [0.2, 0.25) is 5.91 Å². The first-order valence-electron chi connectivity index (χ1n) is 5.91. The molecule has 4 N–H and O–H groups in total. The first-order chi connectivity index (χ1) is 8.36. The molecule has 0 radical (unpaired) electrons. The predicted octanol–water partition coefficient (Wildman–Crippen LogP) is -2.03. The van der Waals surface area contributed by atoms with E-state index in [0.717, 1.165) is 0 Å².